The Kier molecular flexibility index (Phi) is 3.44. The average molecular weight is 312 g/mol. The molecule has 2 rings (SSSR count). The van der Waals surface area contributed by atoms with Crippen molar-refractivity contribution < 1.29 is 14.4 Å². The van der Waals surface area contributed by atoms with E-state index in [2.05, 4.69) is 15.9 Å². The Morgan fingerprint density at radius 3 is 2.78 bits per heavy atom. The van der Waals surface area contributed by atoms with Crippen molar-refractivity contribution in [3.05, 3.63) is 28.2 Å². The standard InChI is InChI=1S/C11H10BrN3O3/c12-7-3-1-2-6-9(7)15(11(18)10(6)17)5-4-8(16)14-13/h1-3H,4-5,13H2,(H,14,16). The Morgan fingerprint density at radius 2 is 2.11 bits per heavy atom. The predicted molar refractivity (Wildman–Crippen MR) is 67.8 cm³/mol. The fraction of sp³-hybridized carbons (Fsp3) is 0.182. The molecule has 0 atom stereocenters. The van der Waals surface area contributed by atoms with E-state index in [1.807, 2.05) is 5.43 Å². The minimum atomic E-state index is -0.623. The number of carbonyl (C=O) groups excluding carboxylic acids is 3. The molecule has 1 heterocycles. The normalized spacial score (nSPS) is 13.8. The summed E-state index contributed by atoms with van der Waals surface area (Å²) < 4.78 is 0.646. The molecule has 7 heteroatoms. The summed E-state index contributed by atoms with van der Waals surface area (Å²) in [6, 6.07) is 5.01. The number of ketones is 1. The topological polar surface area (TPSA) is 92.5 Å². The van der Waals surface area contributed by atoms with Gasteiger partial charge in [0, 0.05) is 17.4 Å². The van der Waals surface area contributed by atoms with Gasteiger partial charge in [0.25, 0.3) is 11.7 Å². The summed E-state index contributed by atoms with van der Waals surface area (Å²) in [7, 11) is 0. The maximum atomic E-state index is 11.8. The maximum Gasteiger partial charge on any atom is 0.299 e. The molecule has 0 spiro atoms. The average Bonchev–Trinajstić information content (AvgIpc) is 2.61. The van der Waals surface area contributed by atoms with Crippen molar-refractivity contribution in [2.45, 2.75) is 6.42 Å². The van der Waals surface area contributed by atoms with Crippen LogP contribution in [0.3, 0.4) is 0 Å². The highest BCUT2D eigenvalue weighted by Crippen LogP contribution is 2.35. The minimum Gasteiger partial charge on any atom is -0.303 e. The lowest BCUT2D eigenvalue weighted by Gasteiger charge is -2.16. The van der Waals surface area contributed by atoms with Crippen molar-refractivity contribution in [1.82, 2.24) is 5.43 Å². The first-order valence-corrected chi connectivity index (χ1v) is 5.99. The Labute approximate surface area is 111 Å². The van der Waals surface area contributed by atoms with Crippen LogP contribution in [0, 0.1) is 0 Å². The first kappa shape index (κ1) is 12.7. The molecule has 0 radical (unpaired) electrons. The molecule has 94 valence electrons. The third-order valence-corrected chi connectivity index (χ3v) is 3.30. The Bertz CT molecular complexity index is 544. The largest absolute Gasteiger partial charge is 0.303 e. The van der Waals surface area contributed by atoms with E-state index in [-0.39, 0.29) is 13.0 Å². The number of rotatable bonds is 3. The number of Topliss-reactive ketones (excluding diaryl/α,β-unsaturated/α-hetero) is 1. The van der Waals surface area contributed by atoms with E-state index in [1.165, 1.54) is 4.90 Å². The number of benzene rings is 1. The number of nitrogens with zero attached hydrogens (tertiary/aromatic N) is 1. The number of nitrogens with one attached hydrogen (secondary N) is 1. The summed E-state index contributed by atoms with van der Waals surface area (Å²) >= 11 is 3.30. The second kappa shape index (κ2) is 4.87. The Morgan fingerprint density at radius 1 is 1.39 bits per heavy atom. The summed E-state index contributed by atoms with van der Waals surface area (Å²) in [5.41, 5.74) is 2.84. The molecule has 1 aromatic carbocycles. The highest BCUT2D eigenvalue weighted by molar-refractivity contribution is 9.10. The SMILES string of the molecule is NNC(=O)CCN1C(=O)C(=O)c2cccc(Br)c21. The van der Waals surface area contributed by atoms with Crippen LogP contribution >= 0.6 is 15.9 Å². The van der Waals surface area contributed by atoms with Gasteiger partial charge in [-0.05, 0) is 28.1 Å². The zero-order valence-electron chi connectivity index (χ0n) is 9.27. The van der Waals surface area contributed by atoms with Crippen LogP contribution in [0.4, 0.5) is 5.69 Å². The van der Waals surface area contributed by atoms with Crippen LogP contribution in [0.1, 0.15) is 16.8 Å². The van der Waals surface area contributed by atoms with Gasteiger partial charge in [-0.3, -0.25) is 19.8 Å². The molecule has 0 saturated heterocycles. The van der Waals surface area contributed by atoms with Gasteiger partial charge in [0.1, 0.15) is 0 Å². The van der Waals surface area contributed by atoms with E-state index in [1.54, 1.807) is 18.2 Å². The third kappa shape index (κ3) is 2.02. The van der Waals surface area contributed by atoms with Crippen LogP contribution in [0.5, 0.6) is 0 Å². The number of hydrazine groups is 1. The number of amides is 2. The van der Waals surface area contributed by atoms with E-state index < -0.39 is 17.6 Å². The van der Waals surface area contributed by atoms with E-state index in [9.17, 15) is 14.4 Å². The van der Waals surface area contributed by atoms with Gasteiger partial charge in [0.2, 0.25) is 5.91 Å². The molecule has 0 unspecified atom stereocenters. The fourth-order valence-electron chi connectivity index (χ4n) is 1.81. The number of fused-ring (bicyclic) bond motifs is 1. The number of carbonyl (C=O) groups is 3. The number of nitrogens with two attached hydrogens (primary N) is 1. The van der Waals surface area contributed by atoms with E-state index in [0.717, 1.165) is 0 Å². The quantitative estimate of drug-likeness (QED) is 0.365. The van der Waals surface area contributed by atoms with Crippen molar-refractivity contribution in [3.63, 3.8) is 0 Å². The lowest BCUT2D eigenvalue weighted by atomic mass is 10.1. The Balaban J connectivity index is 2.31. The second-order valence-corrected chi connectivity index (χ2v) is 4.59. The monoisotopic (exact) mass is 311 g/mol. The van der Waals surface area contributed by atoms with Gasteiger partial charge in [-0.15, -0.1) is 0 Å². The molecule has 2 amide bonds. The van der Waals surface area contributed by atoms with Crippen molar-refractivity contribution in [3.8, 4) is 0 Å². The summed E-state index contributed by atoms with van der Waals surface area (Å²) in [5.74, 6) is 3.39. The fourth-order valence-corrected chi connectivity index (χ4v) is 2.39. The van der Waals surface area contributed by atoms with Gasteiger partial charge in [-0.2, -0.15) is 0 Å². The second-order valence-electron chi connectivity index (χ2n) is 3.74. The van der Waals surface area contributed by atoms with Crippen molar-refractivity contribution in [2.24, 2.45) is 5.84 Å². The summed E-state index contributed by atoms with van der Waals surface area (Å²) in [6.07, 6.45) is 0.0380. The zero-order valence-corrected chi connectivity index (χ0v) is 10.9. The molecular weight excluding hydrogens is 302 g/mol. The van der Waals surface area contributed by atoms with Gasteiger partial charge in [-0.1, -0.05) is 6.07 Å². The van der Waals surface area contributed by atoms with Gasteiger partial charge in [0.05, 0.1) is 11.3 Å². The minimum absolute atomic E-state index is 0.0380. The molecule has 0 aromatic heterocycles. The van der Waals surface area contributed by atoms with Gasteiger partial charge < -0.3 is 4.90 Å². The van der Waals surface area contributed by atoms with Crippen molar-refractivity contribution in [2.75, 3.05) is 11.4 Å². The van der Waals surface area contributed by atoms with Crippen molar-refractivity contribution >= 4 is 39.2 Å². The number of hydrogen-bond donors (Lipinski definition) is 2. The lowest BCUT2D eigenvalue weighted by Crippen LogP contribution is -2.36. The van der Waals surface area contributed by atoms with E-state index >= 15 is 0 Å². The predicted octanol–water partition coefficient (Wildman–Crippen LogP) is 0.358. The van der Waals surface area contributed by atoms with E-state index in [4.69, 9.17) is 5.84 Å². The van der Waals surface area contributed by atoms with Gasteiger partial charge >= 0.3 is 0 Å². The molecule has 0 saturated carbocycles. The molecule has 18 heavy (non-hydrogen) atoms. The molecule has 1 aliphatic rings. The van der Waals surface area contributed by atoms with E-state index in [0.29, 0.717) is 15.7 Å². The van der Waals surface area contributed by atoms with Crippen LogP contribution in [-0.2, 0) is 9.59 Å². The molecule has 0 aliphatic carbocycles. The zero-order chi connectivity index (χ0) is 13.3. The molecule has 1 aliphatic heterocycles. The van der Waals surface area contributed by atoms with Crippen molar-refractivity contribution in [1.29, 1.82) is 0 Å². The summed E-state index contributed by atoms with van der Waals surface area (Å²) in [6.45, 7) is 0.114. The molecular formula is C11H10BrN3O3. The summed E-state index contributed by atoms with van der Waals surface area (Å²) in [5, 5.41) is 0. The number of para-hydroxylation sites is 1. The van der Waals surface area contributed by atoms with Crippen LogP contribution < -0.4 is 16.2 Å². The van der Waals surface area contributed by atoms with Crippen LogP contribution in [-0.4, -0.2) is 24.1 Å². The van der Waals surface area contributed by atoms with Crippen LogP contribution in [0.25, 0.3) is 0 Å². The first-order chi connectivity index (χ1) is 8.56. The summed E-state index contributed by atoms with van der Waals surface area (Å²) in [4.78, 5) is 35.9. The highest BCUT2D eigenvalue weighted by atomic mass is 79.9. The maximum absolute atomic E-state index is 11.8. The Hall–Kier alpha value is -1.73. The van der Waals surface area contributed by atoms with Crippen LogP contribution in [0.15, 0.2) is 22.7 Å². The molecule has 1 aromatic rings. The number of anilines is 1. The third-order valence-electron chi connectivity index (χ3n) is 2.66. The van der Waals surface area contributed by atoms with Gasteiger partial charge in [-0.25, -0.2) is 5.84 Å². The first-order valence-electron chi connectivity index (χ1n) is 5.20. The molecule has 0 fully saturated rings. The smallest absolute Gasteiger partial charge is 0.299 e. The molecule has 0 bridgehead atoms. The molecule has 3 N–H and O–H groups in total. The van der Waals surface area contributed by atoms with Gasteiger partial charge in [0.15, 0.2) is 0 Å². The number of hydrogen-bond acceptors (Lipinski definition) is 4. The highest BCUT2D eigenvalue weighted by Gasteiger charge is 2.36. The number of halogens is 1. The van der Waals surface area contributed by atoms with Crippen LogP contribution in [0.2, 0.25) is 0 Å². The molecule has 6 nitrogen and oxygen atoms in total. The lowest BCUT2D eigenvalue weighted by molar-refractivity contribution is -0.121.